The number of hydrogen-bond acceptors (Lipinski definition) is 10. The van der Waals surface area contributed by atoms with Crippen LogP contribution < -0.4 is 9.47 Å². The number of nitro benzene ring substituents is 1. The van der Waals surface area contributed by atoms with Gasteiger partial charge in [-0.15, -0.1) is 5.10 Å². The van der Waals surface area contributed by atoms with E-state index in [1.54, 1.807) is 43.3 Å². The number of methoxy groups -OCH3 is 1. The van der Waals surface area contributed by atoms with Crippen LogP contribution in [0.25, 0.3) is 0 Å². The molecule has 1 atom stereocenters. The van der Waals surface area contributed by atoms with E-state index in [2.05, 4.69) is 32.1 Å². The lowest BCUT2D eigenvalue weighted by atomic mass is 10.1. The number of ether oxygens (including phenoxy) is 4. The first-order chi connectivity index (χ1) is 19.2. The number of nitro groups is 1. The Morgan fingerprint density at radius 3 is 2.62 bits per heavy atom. The molecule has 206 valence electrons. The summed E-state index contributed by atoms with van der Waals surface area (Å²) in [7, 11) is 1.52. The number of nitrogens with zero attached hydrogens (tertiary/aromatic N) is 5. The maximum absolute atomic E-state index is 12.3. The van der Waals surface area contributed by atoms with Gasteiger partial charge >= 0.3 is 0 Å². The Hall–Kier alpha value is -4.54. The summed E-state index contributed by atoms with van der Waals surface area (Å²) in [5.41, 5.74) is 2.75. The summed E-state index contributed by atoms with van der Waals surface area (Å²) in [6.45, 7) is 3.35. The van der Waals surface area contributed by atoms with Crippen molar-refractivity contribution in [3.63, 3.8) is 0 Å². The summed E-state index contributed by atoms with van der Waals surface area (Å²) < 4.78 is 23.5. The van der Waals surface area contributed by atoms with E-state index in [0.29, 0.717) is 27.0 Å². The van der Waals surface area contributed by atoms with Crippen LogP contribution in [0.5, 0.6) is 11.6 Å². The van der Waals surface area contributed by atoms with Crippen molar-refractivity contribution in [2.75, 3.05) is 13.7 Å². The van der Waals surface area contributed by atoms with Crippen LogP contribution in [0.1, 0.15) is 34.9 Å². The van der Waals surface area contributed by atoms with Gasteiger partial charge in [0.25, 0.3) is 5.69 Å². The minimum absolute atomic E-state index is 0.000940. The van der Waals surface area contributed by atoms with Gasteiger partial charge in [-0.25, -0.2) is 4.98 Å². The molecule has 1 aliphatic rings. The number of hydrazone groups is 1. The van der Waals surface area contributed by atoms with Crippen LogP contribution in [0.4, 0.5) is 5.69 Å². The molecule has 0 saturated carbocycles. The fourth-order valence-electron chi connectivity index (χ4n) is 3.83. The van der Waals surface area contributed by atoms with Crippen molar-refractivity contribution in [1.82, 2.24) is 9.99 Å². The van der Waals surface area contributed by atoms with Crippen LogP contribution in [-0.4, -0.2) is 46.7 Å². The summed E-state index contributed by atoms with van der Waals surface area (Å²) in [5.74, 6) is 0.423. The normalized spacial score (nSPS) is 14.2. The Morgan fingerprint density at radius 1 is 1.23 bits per heavy atom. The molecule has 0 radical (unpaired) electrons. The van der Waals surface area contributed by atoms with Crippen LogP contribution in [0, 0.1) is 28.4 Å². The Balaban J connectivity index is 1.47. The number of carbonyl (C=O) groups is 1. The predicted octanol–water partition coefficient (Wildman–Crippen LogP) is 4.60. The van der Waals surface area contributed by atoms with Gasteiger partial charge in [-0.1, -0.05) is 6.07 Å². The molecule has 1 amide bonds. The van der Waals surface area contributed by atoms with E-state index < -0.39 is 11.2 Å². The molecular formula is C27H24BrN5O7. The molecule has 0 bridgehead atoms. The van der Waals surface area contributed by atoms with Gasteiger partial charge in [0, 0.05) is 41.8 Å². The highest BCUT2D eigenvalue weighted by Crippen LogP contribution is 2.31. The molecule has 0 N–H and O–H groups in total. The van der Waals surface area contributed by atoms with E-state index in [1.807, 2.05) is 0 Å². The highest BCUT2D eigenvalue weighted by Gasteiger charge is 2.33. The van der Waals surface area contributed by atoms with Gasteiger partial charge in [0.1, 0.15) is 30.6 Å². The second-order valence-electron chi connectivity index (χ2n) is 8.61. The van der Waals surface area contributed by atoms with Crippen LogP contribution in [0.3, 0.4) is 0 Å². The molecule has 0 saturated heterocycles. The molecule has 13 heteroatoms. The Labute approximate surface area is 238 Å². The molecule has 40 heavy (non-hydrogen) atoms. The zero-order chi connectivity index (χ0) is 28.8. The average Bonchev–Trinajstić information content (AvgIpc) is 3.39. The summed E-state index contributed by atoms with van der Waals surface area (Å²) in [6, 6.07) is 15.1. The smallest absolute Gasteiger partial charge is 0.269 e. The molecule has 3 aromatic rings. The van der Waals surface area contributed by atoms with Crippen molar-refractivity contribution in [1.29, 1.82) is 5.26 Å². The number of carbonyl (C=O) groups excluding carboxylic acids is 1. The molecule has 2 heterocycles. The molecule has 0 unspecified atom stereocenters. The Kier molecular flexibility index (Phi) is 8.93. The molecule has 0 spiro atoms. The first kappa shape index (κ1) is 28.5. The standard InChI is InChI=1S/C27H24BrN5O7/c1-16-25(28)23(14-37-3)22(12-29)27(30-16)39-15-24-32(17(2)34)31-26(40-24)19-5-4-6-21(11-19)38-13-18-7-9-20(10-8-18)33(35)36/h4-11,24H,13-15H2,1-3H3/t24-/m0/s1. The number of halogens is 1. The van der Waals surface area contributed by atoms with Gasteiger partial charge in [-0.05, 0) is 58.7 Å². The fraction of sp³-hybridized carbons (Fsp3) is 0.259. The van der Waals surface area contributed by atoms with Crippen molar-refractivity contribution in [3.05, 3.63) is 91.1 Å². The number of aromatic nitrogens is 1. The van der Waals surface area contributed by atoms with Crippen LogP contribution in [-0.2, 0) is 27.5 Å². The maximum Gasteiger partial charge on any atom is 0.269 e. The van der Waals surface area contributed by atoms with E-state index in [9.17, 15) is 20.2 Å². The lowest BCUT2D eigenvalue weighted by Gasteiger charge is -2.20. The third-order valence-corrected chi connectivity index (χ3v) is 6.86. The number of rotatable bonds is 10. The topological polar surface area (TPSA) is 149 Å². The zero-order valence-electron chi connectivity index (χ0n) is 21.8. The van der Waals surface area contributed by atoms with Gasteiger partial charge in [-0.3, -0.25) is 14.9 Å². The van der Waals surface area contributed by atoms with Crippen molar-refractivity contribution in [3.8, 4) is 17.7 Å². The van der Waals surface area contributed by atoms with E-state index in [4.69, 9.17) is 18.9 Å². The molecule has 2 aromatic carbocycles. The largest absolute Gasteiger partial charge is 0.489 e. The quantitative estimate of drug-likeness (QED) is 0.237. The lowest BCUT2D eigenvalue weighted by Crippen LogP contribution is -2.37. The number of amides is 1. The van der Waals surface area contributed by atoms with E-state index in [-0.39, 0.29) is 48.8 Å². The maximum atomic E-state index is 12.3. The SMILES string of the molecule is COCc1c(Br)c(C)nc(OC[C@@H]2OC(c3cccc(OCc4ccc([N+](=O)[O-])cc4)c3)=NN2C(C)=O)c1C#N. The number of aryl methyl sites for hydroxylation is 1. The zero-order valence-corrected chi connectivity index (χ0v) is 23.4. The molecule has 1 aromatic heterocycles. The predicted molar refractivity (Wildman–Crippen MR) is 145 cm³/mol. The fourth-order valence-corrected chi connectivity index (χ4v) is 4.23. The molecule has 0 aliphatic carbocycles. The summed E-state index contributed by atoms with van der Waals surface area (Å²) in [6.07, 6.45) is -0.902. The summed E-state index contributed by atoms with van der Waals surface area (Å²) >= 11 is 3.45. The number of pyridine rings is 1. The number of nitriles is 1. The van der Waals surface area contributed by atoms with E-state index in [0.717, 1.165) is 10.6 Å². The van der Waals surface area contributed by atoms with E-state index >= 15 is 0 Å². The van der Waals surface area contributed by atoms with Crippen molar-refractivity contribution >= 4 is 33.4 Å². The molecule has 12 nitrogen and oxygen atoms in total. The van der Waals surface area contributed by atoms with Gasteiger partial charge < -0.3 is 18.9 Å². The minimum Gasteiger partial charge on any atom is -0.489 e. The second-order valence-corrected chi connectivity index (χ2v) is 9.40. The van der Waals surface area contributed by atoms with Gasteiger partial charge in [0.05, 0.1) is 17.2 Å². The molecular weight excluding hydrogens is 586 g/mol. The first-order valence-corrected chi connectivity index (χ1v) is 12.7. The molecule has 1 aliphatic heterocycles. The number of hydrogen-bond donors (Lipinski definition) is 0. The van der Waals surface area contributed by atoms with Crippen molar-refractivity contribution in [2.45, 2.75) is 33.3 Å². The van der Waals surface area contributed by atoms with E-state index in [1.165, 1.54) is 26.2 Å². The summed E-state index contributed by atoms with van der Waals surface area (Å²) in [4.78, 5) is 27.1. The highest BCUT2D eigenvalue weighted by atomic mass is 79.9. The van der Waals surface area contributed by atoms with Gasteiger partial charge in [0.15, 0.2) is 0 Å². The Morgan fingerprint density at radius 2 is 1.98 bits per heavy atom. The average molecular weight is 610 g/mol. The van der Waals surface area contributed by atoms with Gasteiger partial charge in [-0.2, -0.15) is 10.3 Å². The van der Waals surface area contributed by atoms with Crippen molar-refractivity contribution in [2.24, 2.45) is 5.10 Å². The van der Waals surface area contributed by atoms with Crippen LogP contribution in [0.2, 0.25) is 0 Å². The first-order valence-electron chi connectivity index (χ1n) is 11.9. The molecule has 4 rings (SSSR count). The lowest BCUT2D eigenvalue weighted by molar-refractivity contribution is -0.384. The number of benzene rings is 2. The third-order valence-electron chi connectivity index (χ3n) is 5.81. The van der Waals surface area contributed by atoms with Crippen LogP contribution >= 0.6 is 15.9 Å². The van der Waals surface area contributed by atoms with Gasteiger partial charge in [0.2, 0.25) is 23.9 Å². The second kappa shape index (κ2) is 12.5. The van der Waals surface area contributed by atoms with Crippen LogP contribution in [0.15, 0.2) is 58.1 Å². The minimum atomic E-state index is -0.902. The monoisotopic (exact) mass is 609 g/mol. The number of non-ortho nitro benzene ring substituents is 1. The Bertz CT molecular complexity index is 1500. The highest BCUT2D eigenvalue weighted by molar-refractivity contribution is 9.10. The van der Waals surface area contributed by atoms with Crippen molar-refractivity contribution < 1.29 is 28.7 Å². The molecule has 0 fully saturated rings. The summed E-state index contributed by atoms with van der Waals surface area (Å²) in [5, 5.41) is 26.1. The third kappa shape index (κ3) is 6.36.